The summed E-state index contributed by atoms with van der Waals surface area (Å²) in [5, 5.41) is 8.30. The molecule has 0 heterocycles. The van der Waals surface area contributed by atoms with Crippen LogP contribution in [0.4, 0.5) is 5.69 Å². The number of hydrogen-bond donors (Lipinski definition) is 2. The Bertz CT molecular complexity index is 486. The third-order valence-corrected chi connectivity index (χ3v) is 3.76. The van der Waals surface area contributed by atoms with Gasteiger partial charge in [-0.05, 0) is 45.6 Å². The van der Waals surface area contributed by atoms with Crippen molar-refractivity contribution < 1.29 is 8.42 Å². The van der Waals surface area contributed by atoms with Gasteiger partial charge in [0.05, 0.1) is 5.69 Å². The van der Waals surface area contributed by atoms with Crippen molar-refractivity contribution in [3.05, 3.63) is 24.3 Å². The Morgan fingerprint density at radius 1 is 1.16 bits per heavy atom. The molecule has 0 amide bonds. The van der Waals surface area contributed by atoms with Gasteiger partial charge in [-0.1, -0.05) is 18.6 Å². The van der Waals surface area contributed by atoms with Gasteiger partial charge in [0.2, 0.25) is 10.0 Å². The molecule has 1 aromatic rings. The van der Waals surface area contributed by atoms with Gasteiger partial charge in [-0.15, -0.1) is 0 Å². The summed E-state index contributed by atoms with van der Waals surface area (Å²) in [6.07, 6.45) is 3.26. The first-order chi connectivity index (χ1) is 8.91. The number of nitrogens with one attached hydrogen (secondary N) is 1. The molecule has 0 saturated heterocycles. The molecule has 0 radical (unpaired) electrons. The maximum atomic E-state index is 11.4. The van der Waals surface area contributed by atoms with Gasteiger partial charge in [-0.3, -0.25) is 0 Å². The molecule has 0 saturated carbocycles. The molecule has 0 bridgehead atoms. The second kappa shape index (κ2) is 7.47. The van der Waals surface area contributed by atoms with Gasteiger partial charge in [0.25, 0.3) is 0 Å². The van der Waals surface area contributed by atoms with E-state index in [0.717, 1.165) is 32.4 Å². The van der Waals surface area contributed by atoms with Crippen molar-refractivity contribution in [3.63, 3.8) is 0 Å². The quantitative estimate of drug-likeness (QED) is 0.709. The summed E-state index contributed by atoms with van der Waals surface area (Å²) in [7, 11) is 0.451. The number of anilines is 1. The first kappa shape index (κ1) is 15.9. The first-order valence-electron chi connectivity index (χ1n) is 6.41. The molecule has 1 rings (SSSR count). The second-order valence-electron chi connectivity index (χ2n) is 4.83. The van der Waals surface area contributed by atoms with Crippen LogP contribution in [0.5, 0.6) is 0 Å². The Hall–Kier alpha value is -1.11. The van der Waals surface area contributed by atoms with Crippen molar-refractivity contribution in [2.45, 2.75) is 24.2 Å². The van der Waals surface area contributed by atoms with E-state index in [2.05, 4.69) is 24.3 Å². The smallest absolute Gasteiger partial charge is 0.240 e. The van der Waals surface area contributed by atoms with Crippen LogP contribution in [0.3, 0.4) is 0 Å². The zero-order valence-corrected chi connectivity index (χ0v) is 12.4. The molecular weight excluding hydrogens is 262 g/mol. The van der Waals surface area contributed by atoms with Gasteiger partial charge in [0, 0.05) is 6.54 Å². The molecule has 0 aliphatic heterocycles. The van der Waals surface area contributed by atoms with Crippen LogP contribution >= 0.6 is 0 Å². The van der Waals surface area contributed by atoms with Gasteiger partial charge in [0.15, 0.2) is 0 Å². The fraction of sp³-hybridized carbons (Fsp3) is 0.538. The van der Waals surface area contributed by atoms with Crippen molar-refractivity contribution in [1.29, 1.82) is 0 Å². The van der Waals surface area contributed by atoms with Crippen LogP contribution in [0.15, 0.2) is 29.2 Å². The Morgan fingerprint density at radius 3 is 2.47 bits per heavy atom. The number of unbranched alkanes of at least 4 members (excludes halogenated alkanes) is 2. The minimum Gasteiger partial charge on any atom is -0.384 e. The van der Waals surface area contributed by atoms with Crippen molar-refractivity contribution in [2.24, 2.45) is 5.14 Å². The maximum absolute atomic E-state index is 11.4. The molecule has 0 aliphatic carbocycles. The van der Waals surface area contributed by atoms with E-state index >= 15 is 0 Å². The highest BCUT2D eigenvalue weighted by molar-refractivity contribution is 7.89. The van der Waals surface area contributed by atoms with E-state index in [1.165, 1.54) is 6.07 Å². The molecule has 0 atom stereocenters. The zero-order chi connectivity index (χ0) is 14.3. The zero-order valence-electron chi connectivity index (χ0n) is 11.6. The van der Waals surface area contributed by atoms with Gasteiger partial charge >= 0.3 is 0 Å². The lowest BCUT2D eigenvalue weighted by Gasteiger charge is -2.11. The third-order valence-electron chi connectivity index (χ3n) is 2.79. The Labute approximate surface area is 115 Å². The number of para-hydroxylation sites is 1. The number of sulfonamides is 1. The molecule has 6 heteroatoms. The number of hydrogen-bond acceptors (Lipinski definition) is 4. The Balaban J connectivity index is 2.42. The molecular formula is C13H23N3O2S. The summed E-state index contributed by atoms with van der Waals surface area (Å²) in [6.45, 7) is 1.83. The van der Waals surface area contributed by atoms with Crippen LogP contribution in [-0.4, -0.2) is 40.5 Å². The Kier molecular flexibility index (Phi) is 6.27. The lowest BCUT2D eigenvalue weighted by Crippen LogP contribution is -2.15. The standard InChI is InChI=1S/C13H23N3O2S/c1-16(2)11-7-3-6-10-15-12-8-4-5-9-13(12)19(14,17)18/h4-5,8-9,15H,3,6-7,10-11H2,1-2H3,(H2,14,17,18). The van der Waals surface area contributed by atoms with Crippen molar-refractivity contribution in [2.75, 3.05) is 32.5 Å². The topological polar surface area (TPSA) is 75.4 Å². The van der Waals surface area contributed by atoms with Gasteiger partial charge in [-0.2, -0.15) is 0 Å². The monoisotopic (exact) mass is 285 g/mol. The SMILES string of the molecule is CN(C)CCCCCNc1ccccc1S(N)(=O)=O. The molecule has 0 aromatic heterocycles. The van der Waals surface area contributed by atoms with Crippen molar-refractivity contribution in [1.82, 2.24) is 4.90 Å². The van der Waals surface area contributed by atoms with E-state index in [9.17, 15) is 8.42 Å². The lowest BCUT2D eigenvalue weighted by atomic mass is 10.2. The van der Waals surface area contributed by atoms with Crippen LogP contribution in [0.2, 0.25) is 0 Å². The number of nitrogens with two attached hydrogens (primary N) is 1. The molecule has 0 spiro atoms. The largest absolute Gasteiger partial charge is 0.384 e. The van der Waals surface area contributed by atoms with Crippen LogP contribution < -0.4 is 10.5 Å². The highest BCUT2D eigenvalue weighted by Crippen LogP contribution is 2.19. The van der Waals surface area contributed by atoms with Crippen LogP contribution in [0, 0.1) is 0 Å². The summed E-state index contributed by atoms with van der Waals surface area (Å²) < 4.78 is 22.8. The van der Waals surface area contributed by atoms with E-state index in [0.29, 0.717) is 5.69 Å². The van der Waals surface area contributed by atoms with E-state index in [-0.39, 0.29) is 4.90 Å². The Morgan fingerprint density at radius 2 is 1.84 bits per heavy atom. The molecule has 3 N–H and O–H groups in total. The molecule has 1 aromatic carbocycles. The fourth-order valence-corrected chi connectivity index (χ4v) is 2.53. The normalized spacial score (nSPS) is 11.8. The minimum atomic E-state index is -3.66. The maximum Gasteiger partial charge on any atom is 0.240 e. The van der Waals surface area contributed by atoms with Crippen molar-refractivity contribution >= 4 is 15.7 Å². The van der Waals surface area contributed by atoms with E-state index in [4.69, 9.17) is 5.14 Å². The van der Waals surface area contributed by atoms with Gasteiger partial charge in [0.1, 0.15) is 4.90 Å². The first-order valence-corrected chi connectivity index (χ1v) is 7.96. The lowest BCUT2D eigenvalue weighted by molar-refractivity contribution is 0.393. The van der Waals surface area contributed by atoms with E-state index in [1.807, 2.05) is 0 Å². The minimum absolute atomic E-state index is 0.156. The third kappa shape index (κ3) is 6.04. The average molecular weight is 285 g/mol. The predicted octanol–water partition coefficient (Wildman–Crippen LogP) is 1.48. The van der Waals surface area contributed by atoms with E-state index < -0.39 is 10.0 Å². The number of benzene rings is 1. The number of primary sulfonamides is 1. The molecule has 108 valence electrons. The highest BCUT2D eigenvalue weighted by atomic mass is 32.2. The highest BCUT2D eigenvalue weighted by Gasteiger charge is 2.12. The fourth-order valence-electron chi connectivity index (χ4n) is 1.81. The molecule has 0 unspecified atom stereocenters. The summed E-state index contributed by atoms with van der Waals surface area (Å²) in [5.41, 5.74) is 0.581. The summed E-state index contributed by atoms with van der Waals surface area (Å²) >= 11 is 0. The van der Waals surface area contributed by atoms with Crippen molar-refractivity contribution in [3.8, 4) is 0 Å². The average Bonchev–Trinajstić information content (AvgIpc) is 2.32. The second-order valence-corrected chi connectivity index (χ2v) is 6.36. The molecule has 19 heavy (non-hydrogen) atoms. The molecule has 0 aliphatic rings. The van der Waals surface area contributed by atoms with Crippen LogP contribution in [-0.2, 0) is 10.0 Å². The summed E-state index contributed by atoms with van der Waals surface area (Å²) in [6, 6.07) is 6.72. The number of nitrogens with zero attached hydrogens (tertiary/aromatic N) is 1. The summed E-state index contributed by atoms with van der Waals surface area (Å²) in [5.74, 6) is 0. The van der Waals surface area contributed by atoms with Crippen LogP contribution in [0.1, 0.15) is 19.3 Å². The van der Waals surface area contributed by atoms with Gasteiger partial charge < -0.3 is 10.2 Å². The predicted molar refractivity (Wildman–Crippen MR) is 78.7 cm³/mol. The summed E-state index contributed by atoms with van der Waals surface area (Å²) in [4.78, 5) is 2.31. The number of rotatable bonds is 8. The molecule has 5 nitrogen and oxygen atoms in total. The molecule has 0 fully saturated rings. The van der Waals surface area contributed by atoms with Gasteiger partial charge in [-0.25, -0.2) is 13.6 Å². The van der Waals surface area contributed by atoms with E-state index in [1.54, 1.807) is 18.2 Å². The van der Waals surface area contributed by atoms with Crippen LogP contribution in [0.25, 0.3) is 0 Å².